The maximum atomic E-state index is 12.1. The Hall–Kier alpha value is -3.68. The molecule has 2 amide bonds. The zero-order chi connectivity index (χ0) is 22.2. The number of ether oxygens (including phenoxy) is 1. The Kier molecular flexibility index (Phi) is 7.37. The summed E-state index contributed by atoms with van der Waals surface area (Å²) in [7, 11) is 0. The molecule has 0 aromatic heterocycles. The van der Waals surface area contributed by atoms with Crippen molar-refractivity contribution in [2.45, 2.75) is 0 Å². The first-order chi connectivity index (χ1) is 14.9. The Balaban J connectivity index is 1.50. The number of hydrogen-bond acceptors (Lipinski definition) is 5. The lowest BCUT2D eigenvalue weighted by Crippen LogP contribution is -2.32. The first-order valence-corrected chi connectivity index (χ1v) is 9.64. The fourth-order valence-corrected chi connectivity index (χ4v) is 2.66. The second-order valence-corrected chi connectivity index (χ2v) is 7.00. The van der Waals surface area contributed by atoms with E-state index in [1.54, 1.807) is 66.7 Å². The summed E-state index contributed by atoms with van der Waals surface area (Å²) in [6.07, 6.45) is 1.34. The molecule has 31 heavy (non-hydrogen) atoms. The molecule has 0 fully saturated rings. The van der Waals surface area contributed by atoms with E-state index in [1.807, 2.05) is 0 Å². The van der Waals surface area contributed by atoms with Crippen molar-refractivity contribution < 1.29 is 19.1 Å². The van der Waals surface area contributed by atoms with Gasteiger partial charge in [-0.25, -0.2) is 10.2 Å². The molecule has 0 spiro atoms. The SMILES string of the molecule is O=C(N/N=C/c1ccc(OC(=O)c2cccc(Cl)c2)cc1)C(=O)Nc1ccc(Cl)cc1. The normalized spacial score (nSPS) is 10.5. The predicted molar refractivity (Wildman–Crippen MR) is 119 cm³/mol. The van der Waals surface area contributed by atoms with Crippen LogP contribution in [0.4, 0.5) is 5.69 Å². The summed E-state index contributed by atoms with van der Waals surface area (Å²) >= 11 is 11.6. The molecule has 0 atom stereocenters. The van der Waals surface area contributed by atoms with Crippen LogP contribution in [0, 0.1) is 0 Å². The van der Waals surface area contributed by atoms with Gasteiger partial charge in [-0.3, -0.25) is 9.59 Å². The van der Waals surface area contributed by atoms with E-state index in [4.69, 9.17) is 27.9 Å². The largest absolute Gasteiger partial charge is 0.423 e. The van der Waals surface area contributed by atoms with Crippen LogP contribution in [-0.2, 0) is 9.59 Å². The Labute approximate surface area is 187 Å². The fraction of sp³-hybridized carbons (Fsp3) is 0. The molecule has 0 bridgehead atoms. The monoisotopic (exact) mass is 455 g/mol. The minimum absolute atomic E-state index is 0.327. The third-order valence-corrected chi connectivity index (χ3v) is 4.33. The number of halogens is 2. The lowest BCUT2D eigenvalue weighted by molar-refractivity contribution is -0.136. The number of benzene rings is 3. The van der Waals surface area contributed by atoms with Crippen LogP contribution in [0.1, 0.15) is 15.9 Å². The average Bonchev–Trinajstić information content (AvgIpc) is 2.76. The van der Waals surface area contributed by atoms with Crippen LogP contribution in [0.15, 0.2) is 77.9 Å². The molecule has 3 aromatic carbocycles. The van der Waals surface area contributed by atoms with Gasteiger partial charge in [-0.15, -0.1) is 0 Å². The van der Waals surface area contributed by atoms with Crippen molar-refractivity contribution in [3.05, 3.63) is 94.0 Å². The van der Waals surface area contributed by atoms with Gasteiger partial charge in [0.05, 0.1) is 11.8 Å². The van der Waals surface area contributed by atoms with Crippen LogP contribution < -0.4 is 15.5 Å². The van der Waals surface area contributed by atoms with Crippen molar-refractivity contribution in [3.8, 4) is 5.75 Å². The highest BCUT2D eigenvalue weighted by Crippen LogP contribution is 2.16. The molecule has 0 radical (unpaired) electrons. The number of carbonyl (C=O) groups is 3. The van der Waals surface area contributed by atoms with Gasteiger partial charge < -0.3 is 10.1 Å². The van der Waals surface area contributed by atoms with E-state index in [2.05, 4.69) is 15.8 Å². The zero-order valence-corrected chi connectivity index (χ0v) is 17.4. The van der Waals surface area contributed by atoms with Crippen molar-refractivity contribution in [1.29, 1.82) is 0 Å². The topological polar surface area (TPSA) is 96.9 Å². The first-order valence-electron chi connectivity index (χ1n) is 8.88. The highest BCUT2D eigenvalue weighted by atomic mass is 35.5. The molecule has 2 N–H and O–H groups in total. The van der Waals surface area contributed by atoms with Crippen molar-refractivity contribution in [2.24, 2.45) is 5.10 Å². The lowest BCUT2D eigenvalue weighted by Gasteiger charge is -2.05. The molecule has 3 aromatic rings. The standard InChI is InChI=1S/C22H15Cl2N3O4/c23-16-6-8-18(9-7-16)26-20(28)21(29)27-25-13-14-4-10-19(11-5-14)31-22(30)15-2-1-3-17(24)12-15/h1-13H,(H,26,28)(H,27,29)/b25-13+. The van der Waals surface area contributed by atoms with Gasteiger partial charge in [0.2, 0.25) is 0 Å². The average molecular weight is 456 g/mol. The van der Waals surface area contributed by atoms with E-state index in [9.17, 15) is 14.4 Å². The summed E-state index contributed by atoms with van der Waals surface area (Å²) in [5.74, 6) is -2.02. The van der Waals surface area contributed by atoms with Gasteiger partial charge in [0.25, 0.3) is 0 Å². The first kappa shape index (κ1) is 22.0. The number of nitrogens with one attached hydrogen (secondary N) is 2. The number of hydrazone groups is 1. The summed E-state index contributed by atoms with van der Waals surface area (Å²) < 4.78 is 5.28. The molecule has 0 aliphatic rings. The predicted octanol–water partition coefficient (Wildman–Crippen LogP) is 4.30. The van der Waals surface area contributed by atoms with Crippen LogP contribution in [0.2, 0.25) is 10.0 Å². The molecule has 0 aliphatic carbocycles. The number of nitrogens with zero attached hydrogens (tertiary/aromatic N) is 1. The molecule has 3 rings (SSSR count). The Morgan fingerprint density at radius 3 is 2.23 bits per heavy atom. The molecule has 0 unspecified atom stereocenters. The van der Waals surface area contributed by atoms with E-state index in [1.165, 1.54) is 12.3 Å². The van der Waals surface area contributed by atoms with Crippen molar-refractivity contribution >= 4 is 52.9 Å². The summed E-state index contributed by atoms with van der Waals surface area (Å²) in [5.41, 5.74) is 3.50. The minimum Gasteiger partial charge on any atom is -0.423 e. The van der Waals surface area contributed by atoms with Gasteiger partial charge in [-0.1, -0.05) is 29.3 Å². The van der Waals surface area contributed by atoms with Crippen molar-refractivity contribution in [3.63, 3.8) is 0 Å². The van der Waals surface area contributed by atoms with Gasteiger partial charge in [0, 0.05) is 15.7 Å². The molecular formula is C22H15Cl2N3O4. The van der Waals surface area contributed by atoms with E-state index in [-0.39, 0.29) is 0 Å². The minimum atomic E-state index is -0.932. The maximum Gasteiger partial charge on any atom is 0.343 e. The smallest absolute Gasteiger partial charge is 0.343 e. The number of anilines is 1. The Bertz CT molecular complexity index is 1130. The number of hydrogen-bond donors (Lipinski definition) is 2. The zero-order valence-electron chi connectivity index (χ0n) is 15.8. The second-order valence-electron chi connectivity index (χ2n) is 6.13. The third-order valence-electron chi connectivity index (χ3n) is 3.84. The molecular weight excluding hydrogens is 441 g/mol. The number of rotatable bonds is 5. The van der Waals surface area contributed by atoms with Crippen LogP contribution in [0.3, 0.4) is 0 Å². The third kappa shape index (κ3) is 6.67. The van der Waals surface area contributed by atoms with Gasteiger partial charge in [0.1, 0.15) is 5.75 Å². The van der Waals surface area contributed by atoms with E-state index < -0.39 is 17.8 Å². The van der Waals surface area contributed by atoms with Crippen LogP contribution >= 0.6 is 23.2 Å². The molecule has 0 aliphatic heterocycles. The van der Waals surface area contributed by atoms with E-state index in [0.717, 1.165) is 0 Å². The summed E-state index contributed by atoms with van der Waals surface area (Å²) in [5, 5.41) is 7.10. The van der Waals surface area contributed by atoms with Gasteiger partial charge >= 0.3 is 17.8 Å². The quantitative estimate of drug-likeness (QED) is 0.197. The van der Waals surface area contributed by atoms with Gasteiger partial charge in [-0.2, -0.15) is 5.10 Å². The second kappa shape index (κ2) is 10.4. The molecule has 0 heterocycles. The molecule has 0 saturated carbocycles. The van der Waals surface area contributed by atoms with Crippen LogP contribution in [0.5, 0.6) is 5.75 Å². The molecule has 9 heteroatoms. The number of carbonyl (C=O) groups excluding carboxylic acids is 3. The maximum absolute atomic E-state index is 12.1. The van der Waals surface area contributed by atoms with Crippen LogP contribution in [0.25, 0.3) is 0 Å². The Morgan fingerprint density at radius 1 is 0.839 bits per heavy atom. The molecule has 0 saturated heterocycles. The van der Waals surface area contributed by atoms with Crippen molar-refractivity contribution in [1.82, 2.24) is 5.43 Å². The molecule has 156 valence electrons. The van der Waals surface area contributed by atoms with Gasteiger partial charge in [0.15, 0.2) is 0 Å². The highest BCUT2D eigenvalue weighted by Gasteiger charge is 2.13. The summed E-state index contributed by atoms with van der Waals surface area (Å²) in [6, 6.07) is 19.1. The number of amides is 2. The lowest BCUT2D eigenvalue weighted by atomic mass is 10.2. The van der Waals surface area contributed by atoms with Crippen molar-refractivity contribution in [2.75, 3.05) is 5.32 Å². The highest BCUT2D eigenvalue weighted by molar-refractivity contribution is 6.39. The molecule has 7 nitrogen and oxygen atoms in total. The summed E-state index contributed by atoms with van der Waals surface area (Å²) in [4.78, 5) is 35.8. The summed E-state index contributed by atoms with van der Waals surface area (Å²) in [6.45, 7) is 0. The number of esters is 1. The van der Waals surface area contributed by atoms with E-state index in [0.29, 0.717) is 32.6 Å². The van der Waals surface area contributed by atoms with E-state index >= 15 is 0 Å². The van der Waals surface area contributed by atoms with Gasteiger partial charge in [-0.05, 0) is 72.3 Å². The fourth-order valence-electron chi connectivity index (χ4n) is 2.34. The van der Waals surface area contributed by atoms with Crippen LogP contribution in [-0.4, -0.2) is 24.0 Å². The Morgan fingerprint density at radius 2 is 1.55 bits per heavy atom.